The number of carbonyl (C=O) groups is 1. The van der Waals surface area contributed by atoms with E-state index in [1.165, 1.54) is 19.2 Å². The summed E-state index contributed by atoms with van der Waals surface area (Å²) >= 11 is 0. The summed E-state index contributed by atoms with van der Waals surface area (Å²) in [6.45, 7) is 0.253. The molecule has 0 saturated heterocycles. The first kappa shape index (κ1) is 23.2. The van der Waals surface area contributed by atoms with Gasteiger partial charge in [-0.25, -0.2) is 8.91 Å². The first-order valence-corrected chi connectivity index (χ1v) is 11.8. The van der Waals surface area contributed by atoms with E-state index in [1.54, 1.807) is 16.9 Å². The van der Waals surface area contributed by atoms with Crippen molar-refractivity contribution in [1.29, 1.82) is 0 Å². The maximum Gasteiger partial charge on any atom is 0.255 e. The van der Waals surface area contributed by atoms with Gasteiger partial charge in [-0.15, -0.1) is 0 Å². The predicted octanol–water partition coefficient (Wildman–Crippen LogP) is 4.60. The largest absolute Gasteiger partial charge is 0.496 e. The molecule has 0 aliphatic heterocycles. The first-order valence-electron chi connectivity index (χ1n) is 11.8. The van der Waals surface area contributed by atoms with E-state index in [2.05, 4.69) is 20.6 Å². The van der Waals surface area contributed by atoms with Crippen LogP contribution in [0, 0.1) is 5.82 Å². The zero-order chi connectivity index (χ0) is 26.2. The molecule has 0 radical (unpaired) electrons. The Morgan fingerprint density at radius 2 is 1.95 bits per heavy atom. The van der Waals surface area contributed by atoms with Crippen molar-refractivity contribution in [2.24, 2.45) is 0 Å². The number of nitrogen functional groups attached to an aromatic ring is 1. The third kappa shape index (κ3) is 3.97. The Bertz CT molecular complexity index is 1810. The summed E-state index contributed by atoms with van der Waals surface area (Å²) in [6.07, 6.45) is 5.47. The third-order valence-electron chi connectivity index (χ3n) is 6.43. The molecule has 0 aliphatic carbocycles. The van der Waals surface area contributed by atoms with Crippen molar-refractivity contribution in [2.75, 3.05) is 12.8 Å². The molecule has 6 aromatic rings. The molecule has 0 aliphatic rings. The standard InChI is InChI=1S/C28H22FN7O2/c1-38-23-10-9-18(29)12-19(23)28(37)32-13-16-5-7-17(8-6-16)25-24-26(34-35-27(24)30)21(14-31-25)20-15-33-36-11-3-2-4-22(20)36/h2-12,14-15H,13H2,1H3,(H,32,37)(H3,30,34,35). The fraction of sp³-hybridized carbons (Fsp3) is 0.0714. The lowest BCUT2D eigenvalue weighted by atomic mass is 10.0. The van der Waals surface area contributed by atoms with E-state index in [0.717, 1.165) is 44.7 Å². The number of hydrogen-bond acceptors (Lipinski definition) is 6. The van der Waals surface area contributed by atoms with Crippen LogP contribution in [-0.2, 0) is 6.54 Å². The number of benzene rings is 2. The molecule has 0 saturated carbocycles. The Hall–Kier alpha value is -5.25. The zero-order valence-corrected chi connectivity index (χ0v) is 20.3. The van der Waals surface area contributed by atoms with Crippen LogP contribution in [0.4, 0.5) is 10.2 Å². The minimum Gasteiger partial charge on any atom is -0.496 e. The van der Waals surface area contributed by atoms with E-state index < -0.39 is 11.7 Å². The average molecular weight is 508 g/mol. The molecule has 4 N–H and O–H groups in total. The Labute approximate surface area is 216 Å². The topological polar surface area (TPSA) is 123 Å². The number of ether oxygens (including phenoxy) is 1. The van der Waals surface area contributed by atoms with Crippen LogP contribution in [0.5, 0.6) is 5.75 Å². The minimum absolute atomic E-state index is 0.137. The fourth-order valence-electron chi connectivity index (χ4n) is 4.53. The van der Waals surface area contributed by atoms with Crippen molar-refractivity contribution >= 4 is 28.1 Å². The van der Waals surface area contributed by atoms with Gasteiger partial charge in [0.15, 0.2) is 5.82 Å². The molecule has 188 valence electrons. The van der Waals surface area contributed by atoms with Gasteiger partial charge in [0.1, 0.15) is 11.6 Å². The minimum atomic E-state index is -0.509. The highest BCUT2D eigenvalue weighted by Gasteiger charge is 2.19. The monoisotopic (exact) mass is 507 g/mol. The molecular weight excluding hydrogens is 485 g/mol. The molecule has 38 heavy (non-hydrogen) atoms. The number of aromatic amines is 1. The molecule has 2 aromatic carbocycles. The second-order valence-electron chi connectivity index (χ2n) is 8.69. The van der Waals surface area contributed by atoms with Gasteiger partial charge in [0.2, 0.25) is 0 Å². The van der Waals surface area contributed by atoms with E-state index >= 15 is 0 Å². The number of rotatable bonds is 6. The molecule has 4 aromatic heterocycles. The summed E-state index contributed by atoms with van der Waals surface area (Å²) < 4.78 is 20.6. The van der Waals surface area contributed by atoms with Crippen LogP contribution < -0.4 is 15.8 Å². The summed E-state index contributed by atoms with van der Waals surface area (Å²) in [5, 5.41) is 15.3. The van der Waals surface area contributed by atoms with Gasteiger partial charge >= 0.3 is 0 Å². The van der Waals surface area contributed by atoms with Crippen molar-refractivity contribution in [2.45, 2.75) is 6.54 Å². The molecule has 9 nitrogen and oxygen atoms in total. The number of halogens is 1. The van der Waals surface area contributed by atoms with E-state index in [4.69, 9.17) is 15.5 Å². The van der Waals surface area contributed by atoms with Gasteiger partial charge in [-0.2, -0.15) is 10.2 Å². The number of methoxy groups -OCH3 is 1. The highest BCUT2D eigenvalue weighted by Crippen LogP contribution is 2.36. The third-order valence-corrected chi connectivity index (χ3v) is 6.43. The normalized spacial score (nSPS) is 11.2. The Kier molecular flexibility index (Phi) is 5.68. The summed E-state index contributed by atoms with van der Waals surface area (Å²) in [4.78, 5) is 17.4. The van der Waals surface area contributed by atoms with Gasteiger partial charge < -0.3 is 15.8 Å². The lowest BCUT2D eigenvalue weighted by Crippen LogP contribution is -2.23. The number of H-pyrrole nitrogens is 1. The summed E-state index contributed by atoms with van der Waals surface area (Å²) in [5.41, 5.74) is 12.3. The molecule has 0 unspecified atom stereocenters. The number of amides is 1. The van der Waals surface area contributed by atoms with Crippen LogP contribution in [0.2, 0.25) is 0 Å². The van der Waals surface area contributed by atoms with E-state index in [1.807, 2.05) is 48.7 Å². The number of hydrogen-bond donors (Lipinski definition) is 3. The number of anilines is 1. The molecule has 0 atom stereocenters. The second-order valence-corrected chi connectivity index (χ2v) is 8.69. The lowest BCUT2D eigenvalue weighted by Gasteiger charge is -2.10. The number of carbonyl (C=O) groups excluding carboxylic acids is 1. The highest BCUT2D eigenvalue weighted by atomic mass is 19.1. The fourth-order valence-corrected chi connectivity index (χ4v) is 4.53. The predicted molar refractivity (Wildman–Crippen MR) is 142 cm³/mol. The number of nitrogens with two attached hydrogens (primary N) is 1. The maximum absolute atomic E-state index is 13.6. The average Bonchev–Trinajstić information content (AvgIpc) is 3.56. The molecular formula is C28H22FN7O2. The van der Waals surface area contributed by atoms with Crippen LogP contribution in [-0.4, -0.2) is 37.8 Å². The molecule has 10 heteroatoms. The number of nitrogens with zero attached hydrogens (tertiary/aromatic N) is 4. The van der Waals surface area contributed by atoms with Crippen LogP contribution in [0.3, 0.4) is 0 Å². The molecule has 0 bridgehead atoms. The van der Waals surface area contributed by atoms with E-state index in [0.29, 0.717) is 17.3 Å². The van der Waals surface area contributed by atoms with Crippen molar-refractivity contribution in [3.05, 3.63) is 96.2 Å². The Morgan fingerprint density at radius 3 is 2.76 bits per heavy atom. The lowest BCUT2D eigenvalue weighted by molar-refractivity contribution is 0.0947. The highest BCUT2D eigenvalue weighted by molar-refractivity contribution is 6.07. The van der Waals surface area contributed by atoms with Gasteiger partial charge in [0, 0.05) is 35.6 Å². The van der Waals surface area contributed by atoms with E-state index in [9.17, 15) is 9.18 Å². The van der Waals surface area contributed by atoms with Crippen molar-refractivity contribution < 1.29 is 13.9 Å². The SMILES string of the molecule is COc1ccc(F)cc1C(=O)NCc1ccc(-c2ncc(-c3cnn4ccccc34)c3[nH]nc(N)c23)cc1. The van der Waals surface area contributed by atoms with E-state index in [-0.39, 0.29) is 12.1 Å². The van der Waals surface area contributed by atoms with Crippen molar-refractivity contribution in [1.82, 2.24) is 30.1 Å². The summed E-state index contributed by atoms with van der Waals surface area (Å²) in [6, 6.07) is 17.3. The van der Waals surface area contributed by atoms with Crippen LogP contribution in [0.25, 0.3) is 38.8 Å². The molecule has 0 fully saturated rings. The van der Waals surface area contributed by atoms with Gasteiger partial charge in [0.25, 0.3) is 5.91 Å². The molecule has 6 rings (SSSR count). The number of fused-ring (bicyclic) bond motifs is 2. The van der Waals surface area contributed by atoms with Gasteiger partial charge in [-0.1, -0.05) is 30.3 Å². The van der Waals surface area contributed by atoms with Crippen LogP contribution in [0.15, 0.2) is 79.3 Å². The van der Waals surface area contributed by atoms with Crippen LogP contribution in [0.1, 0.15) is 15.9 Å². The van der Waals surface area contributed by atoms with Gasteiger partial charge in [-0.05, 0) is 35.9 Å². The maximum atomic E-state index is 13.6. The van der Waals surface area contributed by atoms with Crippen LogP contribution >= 0.6 is 0 Å². The summed E-state index contributed by atoms with van der Waals surface area (Å²) in [7, 11) is 1.44. The number of aromatic nitrogens is 5. The molecule has 4 heterocycles. The van der Waals surface area contributed by atoms with Crippen molar-refractivity contribution in [3.63, 3.8) is 0 Å². The number of nitrogens with one attached hydrogen (secondary N) is 2. The molecule has 1 amide bonds. The van der Waals surface area contributed by atoms with Gasteiger partial charge in [-0.3, -0.25) is 14.9 Å². The second kappa shape index (κ2) is 9.32. The quantitative estimate of drug-likeness (QED) is 0.303. The smallest absolute Gasteiger partial charge is 0.255 e. The first-order chi connectivity index (χ1) is 18.5. The Balaban J connectivity index is 1.28. The number of pyridine rings is 2. The summed E-state index contributed by atoms with van der Waals surface area (Å²) in [5.74, 6) is -0.283. The van der Waals surface area contributed by atoms with Crippen molar-refractivity contribution in [3.8, 4) is 28.1 Å². The zero-order valence-electron chi connectivity index (χ0n) is 20.3. The Morgan fingerprint density at radius 1 is 1.11 bits per heavy atom. The van der Waals surface area contributed by atoms with Gasteiger partial charge in [0.05, 0.1) is 41.0 Å². The molecule has 0 spiro atoms.